The average molecular weight is 524 g/mol. The molecular weight excluding hydrogens is 494 g/mol. The number of nitriles is 1. The maximum absolute atomic E-state index is 14.3. The van der Waals surface area contributed by atoms with Crippen LogP contribution in [-0.4, -0.2) is 44.1 Å². The summed E-state index contributed by atoms with van der Waals surface area (Å²) in [6.45, 7) is 4.16. The van der Waals surface area contributed by atoms with E-state index in [4.69, 9.17) is 16.3 Å². The Morgan fingerprint density at radius 3 is 2.32 bits per heavy atom. The Hall–Kier alpha value is -4.01. The van der Waals surface area contributed by atoms with Crippen molar-refractivity contribution < 1.29 is 9.53 Å². The molecule has 0 N–H and O–H groups in total. The summed E-state index contributed by atoms with van der Waals surface area (Å²) in [7, 11) is 1.62. The van der Waals surface area contributed by atoms with Crippen LogP contribution < -0.4 is 9.64 Å². The van der Waals surface area contributed by atoms with Gasteiger partial charge >= 0.3 is 0 Å². The van der Waals surface area contributed by atoms with Gasteiger partial charge in [0.05, 0.1) is 13.2 Å². The molecule has 0 bridgehead atoms. The van der Waals surface area contributed by atoms with Gasteiger partial charge in [-0.05, 0) is 47.5 Å². The normalized spacial score (nSPS) is 15.9. The molecule has 2 unspecified atom stereocenters. The van der Waals surface area contributed by atoms with Crippen LogP contribution in [0.4, 0.5) is 5.69 Å². The first-order chi connectivity index (χ1) is 18.5. The minimum absolute atomic E-state index is 0.172. The molecule has 1 fully saturated rings. The molecule has 1 amide bonds. The highest BCUT2D eigenvalue weighted by Crippen LogP contribution is 2.47. The second-order valence-corrected chi connectivity index (χ2v) is 10.3. The van der Waals surface area contributed by atoms with Crippen LogP contribution in [0.1, 0.15) is 24.0 Å². The van der Waals surface area contributed by atoms with Gasteiger partial charge in [-0.15, -0.1) is 0 Å². The van der Waals surface area contributed by atoms with Crippen LogP contribution in [0.25, 0.3) is 10.8 Å². The highest BCUT2D eigenvalue weighted by atomic mass is 35.5. The molecule has 0 aliphatic carbocycles. The third-order valence-corrected chi connectivity index (χ3v) is 7.81. The molecule has 5 nitrogen and oxygen atoms in total. The van der Waals surface area contributed by atoms with E-state index in [-0.39, 0.29) is 5.91 Å². The van der Waals surface area contributed by atoms with E-state index in [9.17, 15) is 10.1 Å². The predicted octanol–water partition coefficient (Wildman–Crippen LogP) is 6.51. The van der Waals surface area contributed by atoms with Gasteiger partial charge in [0.15, 0.2) is 0 Å². The molecule has 1 aliphatic heterocycles. The zero-order valence-corrected chi connectivity index (χ0v) is 22.4. The summed E-state index contributed by atoms with van der Waals surface area (Å²) in [6.07, 6.45) is 0. The van der Waals surface area contributed by atoms with Crippen LogP contribution in [0.3, 0.4) is 0 Å². The maximum Gasteiger partial charge on any atom is 0.243 e. The SMILES string of the molecule is COc1ccccc1C(c1cccc2ccccc12)C(C)(C#N)C(=O)N1CCN(c2cccc(Cl)c2)CC1. The Bertz CT molecular complexity index is 1500. The smallest absolute Gasteiger partial charge is 0.243 e. The molecule has 6 heteroatoms. The molecule has 0 radical (unpaired) electrons. The van der Waals surface area contributed by atoms with Crippen LogP contribution in [0.5, 0.6) is 5.75 Å². The largest absolute Gasteiger partial charge is 0.496 e. The third-order valence-electron chi connectivity index (χ3n) is 7.58. The van der Waals surface area contributed by atoms with Gasteiger partial charge in [-0.3, -0.25) is 4.79 Å². The molecule has 2 atom stereocenters. The fourth-order valence-electron chi connectivity index (χ4n) is 5.60. The van der Waals surface area contributed by atoms with E-state index in [0.29, 0.717) is 37.0 Å². The fraction of sp³-hybridized carbons (Fsp3) is 0.250. The van der Waals surface area contributed by atoms with E-state index in [0.717, 1.165) is 27.6 Å². The number of fused-ring (bicyclic) bond motifs is 1. The number of amides is 1. The van der Waals surface area contributed by atoms with Gasteiger partial charge in [0.1, 0.15) is 11.2 Å². The number of benzene rings is 4. The molecule has 0 aromatic heterocycles. The Kier molecular flexibility index (Phi) is 7.26. The van der Waals surface area contributed by atoms with Crippen LogP contribution in [0, 0.1) is 16.7 Å². The quantitative estimate of drug-likeness (QED) is 0.289. The van der Waals surface area contributed by atoms with Crippen molar-refractivity contribution in [2.24, 2.45) is 5.41 Å². The molecule has 1 aliphatic rings. The van der Waals surface area contributed by atoms with Gasteiger partial charge in [0, 0.05) is 48.4 Å². The third kappa shape index (κ3) is 4.68. The Morgan fingerprint density at radius 1 is 0.921 bits per heavy atom. The topological polar surface area (TPSA) is 56.6 Å². The number of ether oxygens (including phenoxy) is 1. The van der Waals surface area contributed by atoms with Crippen molar-refractivity contribution in [1.29, 1.82) is 5.26 Å². The number of nitrogens with zero attached hydrogens (tertiary/aromatic N) is 3. The van der Waals surface area contributed by atoms with Crippen molar-refractivity contribution >= 4 is 34.0 Å². The molecule has 4 aromatic carbocycles. The lowest BCUT2D eigenvalue weighted by Crippen LogP contribution is -2.53. The molecule has 1 heterocycles. The van der Waals surface area contributed by atoms with E-state index in [2.05, 4.69) is 29.2 Å². The standard InChI is InChI=1S/C32H30ClN3O2/c1-32(22-34,31(37)36-19-17-35(18-20-36)25-12-8-11-24(33)21-25)30(28-14-5-6-16-29(28)38-2)27-15-7-10-23-9-3-4-13-26(23)27/h3-16,21,30H,17-20H2,1-2H3. The lowest BCUT2D eigenvalue weighted by atomic mass is 9.68. The Labute approximate surface area is 228 Å². The van der Waals surface area contributed by atoms with Crippen molar-refractivity contribution in [1.82, 2.24) is 4.90 Å². The summed E-state index contributed by atoms with van der Waals surface area (Å²) in [4.78, 5) is 18.4. The molecule has 0 spiro atoms. The van der Waals surface area contributed by atoms with Crippen molar-refractivity contribution in [3.8, 4) is 11.8 Å². The van der Waals surface area contributed by atoms with Gasteiger partial charge in [-0.1, -0.05) is 78.3 Å². The lowest BCUT2D eigenvalue weighted by molar-refractivity contribution is -0.139. The number of methoxy groups -OCH3 is 1. The van der Waals surface area contributed by atoms with Crippen molar-refractivity contribution in [2.75, 3.05) is 38.2 Å². The maximum atomic E-state index is 14.3. The van der Waals surface area contributed by atoms with E-state index in [1.807, 2.05) is 77.7 Å². The number of carbonyl (C=O) groups is 1. The number of halogens is 1. The molecule has 4 aromatic rings. The van der Waals surface area contributed by atoms with Gasteiger partial charge < -0.3 is 14.5 Å². The molecule has 5 rings (SSSR count). The van der Waals surface area contributed by atoms with Crippen LogP contribution in [-0.2, 0) is 4.79 Å². The molecule has 0 saturated carbocycles. The Balaban J connectivity index is 1.54. The zero-order valence-electron chi connectivity index (χ0n) is 21.6. The molecule has 1 saturated heterocycles. The Morgan fingerprint density at radius 2 is 1.58 bits per heavy atom. The number of piperazine rings is 1. The highest BCUT2D eigenvalue weighted by Gasteiger charge is 2.47. The summed E-state index contributed by atoms with van der Waals surface area (Å²) in [5.74, 6) is -0.0479. The lowest BCUT2D eigenvalue weighted by Gasteiger charge is -2.41. The van der Waals surface area contributed by atoms with E-state index in [1.165, 1.54) is 0 Å². The average Bonchev–Trinajstić information content (AvgIpc) is 2.97. The van der Waals surface area contributed by atoms with Crippen LogP contribution in [0.15, 0.2) is 91.0 Å². The van der Waals surface area contributed by atoms with Gasteiger partial charge in [-0.2, -0.15) is 5.26 Å². The second kappa shape index (κ2) is 10.8. The van der Waals surface area contributed by atoms with Gasteiger partial charge in [-0.25, -0.2) is 0 Å². The second-order valence-electron chi connectivity index (χ2n) is 9.82. The van der Waals surface area contributed by atoms with Crippen LogP contribution >= 0.6 is 11.6 Å². The predicted molar refractivity (Wildman–Crippen MR) is 153 cm³/mol. The minimum atomic E-state index is -1.36. The number of carbonyl (C=O) groups excluding carboxylic acids is 1. The zero-order chi connectivity index (χ0) is 26.7. The van der Waals surface area contributed by atoms with Crippen molar-refractivity contribution in [3.05, 3.63) is 107 Å². The van der Waals surface area contributed by atoms with E-state index >= 15 is 0 Å². The van der Waals surface area contributed by atoms with E-state index < -0.39 is 11.3 Å². The first-order valence-electron chi connectivity index (χ1n) is 12.8. The molecule has 38 heavy (non-hydrogen) atoms. The van der Waals surface area contributed by atoms with E-state index in [1.54, 1.807) is 14.0 Å². The number of anilines is 1. The number of hydrogen-bond donors (Lipinski definition) is 0. The van der Waals surface area contributed by atoms with Crippen molar-refractivity contribution in [3.63, 3.8) is 0 Å². The minimum Gasteiger partial charge on any atom is -0.496 e. The molecule has 192 valence electrons. The number of hydrogen-bond acceptors (Lipinski definition) is 4. The summed E-state index contributed by atoms with van der Waals surface area (Å²) < 4.78 is 5.75. The summed E-state index contributed by atoms with van der Waals surface area (Å²) >= 11 is 6.20. The van der Waals surface area contributed by atoms with Gasteiger partial charge in [0.25, 0.3) is 0 Å². The first-order valence-corrected chi connectivity index (χ1v) is 13.2. The highest BCUT2D eigenvalue weighted by molar-refractivity contribution is 6.30. The van der Waals surface area contributed by atoms with Gasteiger partial charge in [0.2, 0.25) is 5.91 Å². The van der Waals surface area contributed by atoms with Crippen molar-refractivity contribution in [2.45, 2.75) is 12.8 Å². The first kappa shape index (κ1) is 25.6. The fourth-order valence-corrected chi connectivity index (χ4v) is 5.79. The molecular formula is C32H30ClN3O2. The summed E-state index contributed by atoms with van der Waals surface area (Å²) in [6, 6.07) is 32.1. The number of para-hydroxylation sites is 1. The van der Waals surface area contributed by atoms with Crippen LogP contribution in [0.2, 0.25) is 5.02 Å². The summed E-state index contributed by atoms with van der Waals surface area (Å²) in [5, 5.41) is 13.5. The summed E-state index contributed by atoms with van der Waals surface area (Å²) in [5.41, 5.74) is 1.43. The number of rotatable bonds is 6. The monoisotopic (exact) mass is 523 g/mol.